The number of alkyl halides is 2. The van der Waals surface area contributed by atoms with Crippen molar-refractivity contribution in [2.24, 2.45) is 0 Å². The minimum absolute atomic E-state index is 0.0336. The summed E-state index contributed by atoms with van der Waals surface area (Å²) in [6.07, 6.45) is 0. The summed E-state index contributed by atoms with van der Waals surface area (Å²) in [4.78, 5) is 12.6. The van der Waals surface area contributed by atoms with Crippen LogP contribution in [0.3, 0.4) is 0 Å². The van der Waals surface area contributed by atoms with Gasteiger partial charge in [-0.1, -0.05) is 41.4 Å². The van der Waals surface area contributed by atoms with E-state index in [1.807, 2.05) is 0 Å². The lowest BCUT2D eigenvalue weighted by atomic mass is 10.4. The Kier molecular flexibility index (Phi) is 5.43. The van der Waals surface area contributed by atoms with Gasteiger partial charge in [0.05, 0.1) is 4.90 Å². The first-order valence-electron chi connectivity index (χ1n) is 5.71. The first-order chi connectivity index (χ1) is 9.10. The predicted octanol–water partition coefficient (Wildman–Crippen LogP) is 1.62. The third-order valence-corrected chi connectivity index (χ3v) is 6.01. The molecule has 0 fully saturated rings. The van der Waals surface area contributed by atoms with Crippen molar-refractivity contribution < 1.29 is 13.2 Å². The molecule has 1 rings (SSSR count). The summed E-state index contributed by atoms with van der Waals surface area (Å²) in [5.74, 6) is -0.540. The van der Waals surface area contributed by atoms with E-state index in [0.29, 0.717) is 0 Å². The highest BCUT2D eigenvalue weighted by Gasteiger charge is 2.47. The van der Waals surface area contributed by atoms with Gasteiger partial charge in [-0.05, 0) is 26.2 Å². The van der Waals surface area contributed by atoms with Gasteiger partial charge < -0.3 is 5.32 Å². The molecule has 112 valence electrons. The molecule has 0 spiro atoms. The summed E-state index contributed by atoms with van der Waals surface area (Å²) in [6, 6.07) is 7.69. The molecule has 5 nitrogen and oxygen atoms in total. The molecule has 0 aliphatic carbocycles. The van der Waals surface area contributed by atoms with Crippen molar-refractivity contribution in [2.45, 2.75) is 21.7 Å². The SMILES string of the molecule is CC(=O)NC(C(Cl)(Cl)N(C)C)S(=O)(=O)c1ccccc1. The number of sulfone groups is 1. The van der Waals surface area contributed by atoms with Crippen LogP contribution in [0.25, 0.3) is 0 Å². The van der Waals surface area contributed by atoms with Gasteiger partial charge >= 0.3 is 0 Å². The van der Waals surface area contributed by atoms with Crippen molar-refractivity contribution in [3.8, 4) is 0 Å². The van der Waals surface area contributed by atoms with E-state index in [1.165, 1.54) is 38.1 Å². The summed E-state index contributed by atoms with van der Waals surface area (Å²) in [7, 11) is -0.890. The lowest BCUT2D eigenvalue weighted by Gasteiger charge is -2.34. The van der Waals surface area contributed by atoms with Gasteiger partial charge in [0, 0.05) is 6.92 Å². The quantitative estimate of drug-likeness (QED) is 0.654. The lowest BCUT2D eigenvalue weighted by Crippen LogP contribution is -2.56. The zero-order valence-corrected chi connectivity index (χ0v) is 13.6. The van der Waals surface area contributed by atoms with E-state index in [9.17, 15) is 13.2 Å². The zero-order valence-electron chi connectivity index (χ0n) is 11.3. The highest BCUT2D eigenvalue weighted by atomic mass is 35.5. The average Bonchev–Trinajstić information content (AvgIpc) is 2.36. The number of benzene rings is 1. The molecule has 1 aromatic carbocycles. The van der Waals surface area contributed by atoms with E-state index in [1.54, 1.807) is 18.2 Å². The van der Waals surface area contributed by atoms with Crippen molar-refractivity contribution >= 4 is 38.9 Å². The topological polar surface area (TPSA) is 66.5 Å². The van der Waals surface area contributed by atoms with Gasteiger partial charge in [-0.2, -0.15) is 0 Å². The van der Waals surface area contributed by atoms with Crippen LogP contribution in [0.2, 0.25) is 0 Å². The van der Waals surface area contributed by atoms with E-state index >= 15 is 0 Å². The minimum Gasteiger partial charge on any atom is -0.336 e. The fraction of sp³-hybridized carbons (Fsp3) is 0.417. The van der Waals surface area contributed by atoms with Crippen LogP contribution in [0, 0.1) is 0 Å². The molecular formula is C12H16Cl2N2O3S. The average molecular weight is 339 g/mol. The highest BCUT2D eigenvalue weighted by molar-refractivity contribution is 7.92. The Labute approximate surface area is 128 Å². The molecule has 8 heteroatoms. The van der Waals surface area contributed by atoms with Gasteiger partial charge in [0.25, 0.3) is 0 Å². The van der Waals surface area contributed by atoms with Gasteiger partial charge in [0.15, 0.2) is 5.37 Å². The van der Waals surface area contributed by atoms with Crippen LogP contribution in [0.1, 0.15) is 6.92 Å². The van der Waals surface area contributed by atoms with Crippen LogP contribution >= 0.6 is 23.2 Å². The number of amides is 1. The highest BCUT2D eigenvalue weighted by Crippen LogP contribution is 2.33. The smallest absolute Gasteiger partial charge is 0.218 e. The molecule has 1 aromatic rings. The number of halogens is 2. The van der Waals surface area contributed by atoms with Crippen molar-refractivity contribution in [2.75, 3.05) is 14.1 Å². The molecule has 0 saturated heterocycles. The number of likely N-dealkylation sites (N-methyl/N-ethyl adjacent to an activating group) is 1. The van der Waals surface area contributed by atoms with E-state index < -0.39 is 25.6 Å². The Hall–Kier alpha value is -0.820. The number of hydrogen-bond donors (Lipinski definition) is 1. The predicted molar refractivity (Wildman–Crippen MR) is 79.4 cm³/mol. The fourth-order valence-electron chi connectivity index (χ4n) is 1.52. The third kappa shape index (κ3) is 3.63. The Morgan fingerprint density at radius 3 is 2.15 bits per heavy atom. The molecule has 1 N–H and O–H groups in total. The van der Waals surface area contributed by atoms with Crippen LogP contribution in [0.5, 0.6) is 0 Å². The maximum absolute atomic E-state index is 12.6. The number of nitrogens with zero attached hydrogens (tertiary/aromatic N) is 1. The van der Waals surface area contributed by atoms with Gasteiger partial charge in [0.1, 0.15) is 0 Å². The molecule has 0 radical (unpaired) electrons. The Morgan fingerprint density at radius 2 is 1.75 bits per heavy atom. The molecule has 0 aliphatic heterocycles. The number of carbonyl (C=O) groups is 1. The fourth-order valence-corrected chi connectivity index (χ4v) is 4.04. The Balaban J connectivity index is 3.35. The zero-order chi connectivity index (χ0) is 15.6. The lowest BCUT2D eigenvalue weighted by molar-refractivity contribution is -0.119. The molecule has 0 aromatic heterocycles. The van der Waals surface area contributed by atoms with Crippen LogP contribution in [0.15, 0.2) is 35.2 Å². The number of nitrogens with one attached hydrogen (secondary N) is 1. The van der Waals surface area contributed by atoms with Gasteiger partial charge in [0.2, 0.25) is 20.2 Å². The van der Waals surface area contributed by atoms with Crippen molar-refractivity contribution in [1.29, 1.82) is 0 Å². The monoisotopic (exact) mass is 338 g/mol. The second kappa shape index (κ2) is 6.30. The molecule has 1 amide bonds. The second-order valence-corrected chi connectivity index (χ2v) is 7.80. The van der Waals surface area contributed by atoms with Crippen molar-refractivity contribution in [3.05, 3.63) is 30.3 Å². The summed E-state index contributed by atoms with van der Waals surface area (Å²) in [5, 5.41) is 0.815. The van der Waals surface area contributed by atoms with Crippen LogP contribution < -0.4 is 5.32 Å². The molecular weight excluding hydrogens is 323 g/mol. The number of carbonyl (C=O) groups excluding carboxylic acids is 1. The van der Waals surface area contributed by atoms with Crippen LogP contribution in [0.4, 0.5) is 0 Å². The molecule has 20 heavy (non-hydrogen) atoms. The normalized spacial score (nSPS) is 14.1. The maximum Gasteiger partial charge on any atom is 0.218 e. The van der Waals surface area contributed by atoms with E-state index in [0.717, 1.165) is 0 Å². The first-order valence-corrected chi connectivity index (χ1v) is 8.01. The molecule has 0 saturated carbocycles. The summed E-state index contributed by atoms with van der Waals surface area (Å²) >= 11 is 12.2. The van der Waals surface area contributed by atoms with E-state index in [4.69, 9.17) is 23.2 Å². The largest absolute Gasteiger partial charge is 0.336 e. The molecule has 1 unspecified atom stereocenters. The Morgan fingerprint density at radius 1 is 1.25 bits per heavy atom. The Bertz CT molecular complexity index is 574. The van der Waals surface area contributed by atoms with Gasteiger partial charge in [-0.25, -0.2) is 8.42 Å². The third-order valence-electron chi connectivity index (χ3n) is 2.63. The second-order valence-electron chi connectivity index (χ2n) is 4.42. The van der Waals surface area contributed by atoms with E-state index in [2.05, 4.69) is 5.32 Å². The van der Waals surface area contributed by atoms with Crippen molar-refractivity contribution in [3.63, 3.8) is 0 Å². The van der Waals surface area contributed by atoms with Crippen LogP contribution in [-0.2, 0) is 14.6 Å². The maximum atomic E-state index is 12.6. The van der Waals surface area contributed by atoms with Crippen LogP contribution in [-0.4, -0.2) is 43.2 Å². The first kappa shape index (κ1) is 17.2. The molecule has 1 atom stereocenters. The molecule has 0 heterocycles. The minimum atomic E-state index is -3.94. The summed E-state index contributed by atoms with van der Waals surface area (Å²) in [5.41, 5.74) is 0. The van der Waals surface area contributed by atoms with Crippen molar-refractivity contribution in [1.82, 2.24) is 10.2 Å². The standard InChI is InChI=1S/C12H16Cl2N2O3S/c1-9(17)15-11(12(13,14)16(2)3)20(18,19)10-7-5-4-6-8-10/h4-8,11H,1-3H3,(H,15,17). The number of rotatable bonds is 5. The summed E-state index contributed by atoms with van der Waals surface area (Å²) in [6.45, 7) is 1.20. The number of hydrogen-bond acceptors (Lipinski definition) is 4. The molecule has 0 aliphatic rings. The summed E-state index contributed by atoms with van der Waals surface area (Å²) < 4.78 is 23.4. The molecule has 0 bridgehead atoms. The van der Waals surface area contributed by atoms with Gasteiger partial charge in [-0.3, -0.25) is 9.69 Å². The van der Waals surface area contributed by atoms with Gasteiger partial charge in [-0.15, -0.1) is 0 Å². The van der Waals surface area contributed by atoms with E-state index in [-0.39, 0.29) is 4.90 Å².